The van der Waals surface area contributed by atoms with E-state index in [4.69, 9.17) is 0 Å². The molecule has 0 aliphatic carbocycles. The van der Waals surface area contributed by atoms with E-state index in [0.29, 0.717) is 36.1 Å². The Balaban J connectivity index is 0.000000433. The van der Waals surface area contributed by atoms with Crippen molar-refractivity contribution in [1.29, 1.82) is 0 Å². The highest BCUT2D eigenvalue weighted by Gasteiger charge is 2.28. The average Bonchev–Trinajstić information content (AvgIpc) is 3.11. The van der Waals surface area contributed by atoms with Gasteiger partial charge in [-0.2, -0.15) is 0 Å². The predicted molar refractivity (Wildman–Crippen MR) is 83.7 cm³/mol. The summed E-state index contributed by atoms with van der Waals surface area (Å²) in [5.41, 5.74) is 5.44. The number of aryl methyl sites for hydroxylation is 1. The molecule has 3 rings (SSSR count). The Morgan fingerprint density at radius 1 is 1.26 bits per heavy atom. The van der Waals surface area contributed by atoms with Gasteiger partial charge in [-0.25, -0.2) is 0 Å². The second-order valence-electron chi connectivity index (χ2n) is 6.18. The molecule has 1 atom stereocenters. The third-order valence-corrected chi connectivity index (χ3v) is 3.71. The van der Waals surface area contributed by atoms with E-state index in [1.54, 1.807) is 27.3 Å². The number of carbonyl (C=O) groups excluding carboxylic acids is 2. The number of carboxylic acids is 1. The van der Waals surface area contributed by atoms with Gasteiger partial charge in [0, 0.05) is 31.4 Å². The second-order valence-corrected chi connectivity index (χ2v) is 6.18. The highest BCUT2D eigenvalue weighted by Crippen LogP contribution is 2.30. The number of hydrogen-bond donors (Lipinski definition) is 1. The van der Waals surface area contributed by atoms with Gasteiger partial charge in [0.05, 0.1) is 23.4 Å². The van der Waals surface area contributed by atoms with Crippen molar-refractivity contribution in [3.8, 4) is 0 Å². The number of hydrogen-bond acceptors (Lipinski definition) is 3. The second kappa shape index (κ2) is 6.83. The third kappa shape index (κ3) is 3.53. The van der Waals surface area contributed by atoms with Gasteiger partial charge in [0.1, 0.15) is 0 Å². The van der Waals surface area contributed by atoms with Gasteiger partial charge in [0.25, 0.3) is 0 Å². The number of aliphatic carboxylic acids is 1. The number of quaternary nitrogens is 1. The zero-order valence-electron chi connectivity index (χ0n) is 13.8. The van der Waals surface area contributed by atoms with Crippen LogP contribution in [0.4, 0.5) is 0 Å². The molecule has 0 saturated carbocycles. The first-order valence-corrected chi connectivity index (χ1v) is 7.72. The van der Waals surface area contributed by atoms with Crippen molar-refractivity contribution in [3.05, 3.63) is 47.5 Å². The number of carbonyl (C=O) groups is 2. The van der Waals surface area contributed by atoms with Crippen LogP contribution in [0, 0.1) is 0 Å². The largest absolute Gasteiger partial charge is 0.549 e. The van der Waals surface area contributed by atoms with Crippen LogP contribution in [-0.4, -0.2) is 26.9 Å². The first-order valence-electron chi connectivity index (χ1n) is 7.72. The van der Waals surface area contributed by atoms with Crippen LogP contribution < -0.4 is 10.8 Å². The summed E-state index contributed by atoms with van der Waals surface area (Å²) in [6.07, 6.45) is 2.30. The molecule has 0 saturated heterocycles. The molecule has 2 aromatic rings. The monoisotopic (exact) mass is 317 g/mol. The van der Waals surface area contributed by atoms with E-state index in [1.807, 2.05) is 19.3 Å². The zero-order chi connectivity index (χ0) is 17.1. The summed E-state index contributed by atoms with van der Waals surface area (Å²) >= 11 is 0. The fourth-order valence-corrected chi connectivity index (χ4v) is 2.71. The Labute approximate surface area is 135 Å². The molecule has 6 nitrogen and oxygen atoms in total. The van der Waals surface area contributed by atoms with Crippen molar-refractivity contribution in [1.82, 2.24) is 9.13 Å². The minimum Gasteiger partial charge on any atom is -0.549 e. The van der Waals surface area contributed by atoms with Crippen molar-refractivity contribution in [2.24, 2.45) is 7.05 Å². The fraction of sp³-hybridized carbons (Fsp3) is 0.412. The number of ketones is 1. The van der Waals surface area contributed by atoms with E-state index in [2.05, 4.69) is 19.6 Å². The molecule has 0 aromatic carbocycles. The summed E-state index contributed by atoms with van der Waals surface area (Å²) in [7, 11) is 1.81. The lowest BCUT2D eigenvalue weighted by Gasteiger charge is -2.09. The first-order chi connectivity index (χ1) is 10.8. The molecule has 0 bridgehead atoms. The van der Waals surface area contributed by atoms with E-state index >= 15 is 0 Å². The van der Waals surface area contributed by atoms with E-state index in [9.17, 15) is 14.7 Å². The standard InChI is InChI=1S/C14H14N2O3.C3H9N/c1-15-7-2-3-11(15)13(17)12-5-4-10-9(14(18)19)6-8-16(10)12;1-3(2)4/h2-5,7,9H,6,8H2,1H3,(H,18,19);3H,4H2,1-2H3. The first kappa shape index (κ1) is 17.0. The lowest BCUT2D eigenvalue weighted by atomic mass is 10.1. The van der Waals surface area contributed by atoms with Gasteiger partial charge in [-0.1, -0.05) is 0 Å². The van der Waals surface area contributed by atoms with Crippen LogP contribution in [0.3, 0.4) is 0 Å². The summed E-state index contributed by atoms with van der Waals surface area (Å²) in [6, 6.07) is 7.56. The number of rotatable bonds is 3. The maximum Gasteiger partial charge on any atom is 0.225 e. The van der Waals surface area contributed by atoms with E-state index in [0.717, 1.165) is 0 Å². The molecule has 2 aromatic heterocycles. The van der Waals surface area contributed by atoms with Crippen molar-refractivity contribution >= 4 is 11.8 Å². The van der Waals surface area contributed by atoms with E-state index < -0.39 is 11.9 Å². The highest BCUT2D eigenvalue weighted by atomic mass is 16.4. The lowest BCUT2D eigenvalue weighted by molar-refractivity contribution is -0.407. The Hall–Kier alpha value is -2.34. The topological polar surface area (TPSA) is 94.7 Å². The van der Waals surface area contributed by atoms with Crippen LogP contribution in [0.15, 0.2) is 30.5 Å². The number of fused-ring (bicyclic) bond motifs is 1. The van der Waals surface area contributed by atoms with Crippen LogP contribution in [0.25, 0.3) is 0 Å². The summed E-state index contributed by atoms with van der Waals surface area (Å²) in [5, 5.41) is 11.0. The van der Waals surface area contributed by atoms with Crippen LogP contribution in [0.1, 0.15) is 48.1 Å². The van der Waals surface area contributed by atoms with Gasteiger partial charge >= 0.3 is 0 Å². The molecule has 23 heavy (non-hydrogen) atoms. The van der Waals surface area contributed by atoms with Gasteiger partial charge in [0.15, 0.2) is 0 Å². The average molecular weight is 317 g/mol. The van der Waals surface area contributed by atoms with E-state index in [-0.39, 0.29) is 5.78 Å². The van der Waals surface area contributed by atoms with Crippen LogP contribution in [-0.2, 0) is 18.4 Å². The molecule has 1 aliphatic heterocycles. The Bertz CT molecular complexity index is 710. The van der Waals surface area contributed by atoms with Crippen LogP contribution in [0.2, 0.25) is 0 Å². The molecule has 1 unspecified atom stereocenters. The van der Waals surface area contributed by atoms with Gasteiger partial charge < -0.3 is 24.8 Å². The van der Waals surface area contributed by atoms with Crippen molar-refractivity contribution in [2.75, 3.05) is 0 Å². The summed E-state index contributed by atoms with van der Waals surface area (Å²) in [6.45, 7) is 4.66. The van der Waals surface area contributed by atoms with Crippen molar-refractivity contribution < 1.29 is 20.4 Å². The number of nitrogens with zero attached hydrogens (tertiary/aromatic N) is 2. The maximum absolute atomic E-state index is 12.4. The Kier molecular flexibility index (Phi) is 5.05. The predicted octanol–water partition coefficient (Wildman–Crippen LogP) is -0.0685. The molecule has 3 N–H and O–H groups in total. The molecule has 1 aliphatic rings. The number of carboxylic acid groups (broad SMARTS) is 1. The van der Waals surface area contributed by atoms with E-state index in [1.165, 1.54) is 0 Å². The lowest BCUT2D eigenvalue weighted by Crippen LogP contribution is -2.57. The third-order valence-electron chi connectivity index (χ3n) is 3.71. The van der Waals surface area contributed by atoms with Gasteiger partial charge in [-0.3, -0.25) is 4.79 Å². The molecular formula is C17H23N3O3. The minimum atomic E-state index is -1.07. The zero-order valence-corrected chi connectivity index (χ0v) is 13.8. The molecular weight excluding hydrogens is 294 g/mol. The molecule has 0 radical (unpaired) electrons. The summed E-state index contributed by atoms with van der Waals surface area (Å²) in [5.74, 6) is -1.76. The van der Waals surface area contributed by atoms with Crippen molar-refractivity contribution in [3.63, 3.8) is 0 Å². The SMILES string of the molecule is CC(C)[NH3+].Cn1cccc1C(=O)c1ccc2n1CCC2C(=O)[O-]. The Morgan fingerprint density at radius 3 is 2.43 bits per heavy atom. The van der Waals surface area contributed by atoms with Gasteiger partial charge in [-0.05, 0) is 44.5 Å². The molecule has 0 amide bonds. The maximum atomic E-state index is 12.4. The summed E-state index contributed by atoms with van der Waals surface area (Å²) < 4.78 is 3.54. The van der Waals surface area contributed by atoms with Crippen LogP contribution in [0.5, 0.6) is 0 Å². The van der Waals surface area contributed by atoms with Gasteiger partial charge in [-0.15, -0.1) is 0 Å². The van der Waals surface area contributed by atoms with Crippen LogP contribution >= 0.6 is 0 Å². The normalized spacial score (nSPS) is 16.0. The highest BCUT2D eigenvalue weighted by molar-refractivity contribution is 6.07. The molecule has 6 heteroatoms. The minimum absolute atomic E-state index is 0.0854. The van der Waals surface area contributed by atoms with Crippen molar-refractivity contribution in [2.45, 2.75) is 38.8 Å². The molecule has 0 spiro atoms. The summed E-state index contributed by atoms with van der Waals surface area (Å²) in [4.78, 5) is 23.4. The molecule has 0 fully saturated rings. The molecule has 124 valence electrons. The smallest absolute Gasteiger partial charge is 0.225 e. The Morgan fingerprint density at radius 2 is 1.91 bits per heavy atom. The fourth-order valence-electron chi connectivity index (χ4n) is 2.71. The van der Waals surface area contributed by atoms with Gasteiger partial charge in [0.2, 0.25) is 5.78 Å². The quantitative estimate of drug-likeness (QED) is 0.803. The molecule has 3 heterocycles. The number of aromatic nitrogens is 2.